The number of benzene rings is 1. The molecule has 0 aliphatic carbocycles. The van der Waals surface area contributed by atoms with Crippen LogP contribution in [0.3, 0.4) is 0 Å². The highest BCUT2D eigenvalue weighted by molar-refractivity contribution is 6.31. The van der Waals surface area contributed by atoms with E-state index in [1.54, 1.807) is 0 Å². The van der Waals surface area contributed by atoms with Crippen molar-refractivity contribution < 1.29 is 4.74 Å². The van der Waals surface area contributed by atoms with Crippen LogP contribution in [0.25, 0.3) is 0 Å². The number of halogens is 1. The SMILES string of the molecule is Cc1ccc(CNCC2CCCCO2)c(Cl)c1. The summed E-state index contributed by atoms with van der Waals surface area (Å²) < 4.78 is 5.67. The van der Waals surface area contributed by atoms with Gasteiger partial charge in [-0.2, -0.15) is 0 Å². The Bertz CT molecular complexity index is 361. The summed E-state index contributed by atoms with van der Waals surface area (Å²) in [4.78, 5) is 0. The maximum atomic E-state index is 6.18. The zero-order chi connectivity index (χ0) is 12.1. The normalized spacial score (nSPS) is 20.5. The molecule has 3 heteroatoms. The van der Waals surface area contributed by atoms with Gasteiger partial charge in [0.25, 0.3) is 0 Å². The van der Waals surface area contributed by atoms with Gasteiger partial charge < -0.3 is 10.1 Å². The Morgan fingerprint density at radius 3 is 3.00 bits per heavy atom. The molecule has 0 spiro atoms. The minimum absolute atomic E-state index is 0.382. The fourth-order valence-corrected chi connectivity index (χ4v) is 2.43. The van der Waals surface area contributed by atoms with E-state index >= 15 is 0 Å². The molecule has 0 amide bonds. The highest BCUT2D eigenvalue weighted by Crippen LogP contribution is 2.17. The quantitative estimate of drug-likeness (QED) is 0.889. The van der Waals surface area contributed by atoms with Crippen molar-refractivity contribution >= 4 is 11.6 Å². The van der Waals surface area contributed by atoms with E-state index in [9.17, 15) is 0 Å². The highest BCUT2D eigenvalue weighted by atomic mass is 35.5. The summed E-state index contributed by atoms with van der Waals surface area (Å²) in [6, 6.07) is 6.20. The summed E-state index contributed by atoms with van der Waals surface area (Å²) in [5, 5.41) is 4.27. The van der Waals surface area contributed by atoms with Gasteiger partial charge in [0, 0.05) is 24.7 Å². The number of hydrogen-bond acceptors (Lipinski definition) is 2. The third-order valence-corrected chi connectivity index (χ3v) is 3.52. The molecule has 2 nitrogen and oxygen atoms in total. The van der Waals surface area contributed by atoms with Gasteiger partial charge in [-0.15, -0.1) is 0 Å². The molecule has 0 bridgehead atoms. The van der Waals surface area contributed by atoms with E-state index in [-0.39, 0.29) is 0 Å². The zero-order valence-corrected chi connectivity index (χ0v) is 11.1. The van der Waals surface area contributed by atoms with E-state index in [1.165, 1.54) is 24.8 Å². The van der Waals surface area contributed by atoms with Crippen LogP contribution in [0.1, 0.15) is 30.4 Å². The maximum absolute atomic E-state index is 6.18. The minimum atomic E-state index is 0.382. The molecule has 17 heavy (non-hydrogen) atoms. The van der Waals surface area contributed by atoms with Crippen LogP contribution in [0.2, 0.25) is 5.02 Å². The Hall–Kier alpha value is -0.570. The van der Waals surface area contributed by atoms with Gasteiger partial charge in [-0.05, 0) is 43.4 Å². The molecule has 1 N–H and O–H groups in total. The molecule has 2 rings (SSSR count). The van der Waals surface area contributed by atoms with Gasteiger partial charge in [0.15, 0.2) is 0 Å². The molecule has 0 aromatic heterocycles. The summed E-state index contributed by atoms with van der Waals surface area (Å²) in [5.74, 6) is 0. The van der Waals surface area contributed by atoms with Crippen molar-refractivity contribution in [3.05, 3.63) is 34.3 Å². The second-order valence-corrected chi connectivity index (χ2v) is 5.12. The van der Waals surface area contributed by atoms with E-state index in [4.69, 9.17) is 16.3 Å². The van der Waals surface area contributed by atoms with Crippen molar-refractivity contribution in [3.63, 3.8) is 0 Å². The zero-order valence-electron chi connectivity index (χ0n) is 10.3. The Morgan fingerprint density at radius 2 is 2.29 bits per heavy atom. The number of hydrogen-bond donors (Lipinski definition) is 1. The lowest BCUT2D eigenvalue weighted by Crippen LogP contribution is -2.31. The van der Waals surface area contributed by atoms with Crippen LogP contribution < -0.4 is 5.32 Å². The first kappa shape index (κ1) is 12.9. The van der Waals surface area contributed by atoms with E-state index < -0.39 is 0 Å². The number of ether oxygens (including phenoxy) is 1. The standard InChI is InChI=1S/C14H20ClNO/c1-11-5-6-12(14(15)8-11)9-16-10-13-4-2-3-7-17-13/h5-6,8,13,16H,2-4,7,9-10H2,1H3. The molecule has 1 saturated heterocycles. The fourth-order valence-electron chi connectivity index (χ4n) is 2.13. The van der Waals surface area contributed by atoms with Gasteiger partial charge in [-0.3, -0.25) is 0 Å². The average molecular weight is 254 g/mol. The Balaban J connectivity index is 1.77. The van der Waals surface area contributed by atoms with Crippen molar-refractivity contribution in [2.24, 2.45) is 0 Å². The Morgan fingerprint density at radius 1 is 1.41 bits per heavy atom. The molecule has 0 saturated carbocycles. The molecule has 1 heterocycles. The predicted molar refractivity (Wildman–Crippen MR) is 71.5 cm³/mol. The first-order valence-electron chi connectivity index (χ1n) is 6.33. The summed E-state index contributed by atoms with van der Waals surface area (Å²) in [6.45, 7) is 4.71. The van der Waals surface area contributed by atoms with Crippen molar-refractivity contribution in [1.29, 1.82) is 0 Å². The fraction of sp³-hybridized carbons (Fsp3) is 0.571. The molecule has 1 aliphatic rings. The molecule has 1 aromatic carbocycles. The molecule has 1 fully saturated rings. The van der Waals surface area contributed by atoms with Crippen LogP contribution in [0, 0.1) is 6.92 Å². The largest absolute Gasteiger partial charge is 0.377 e. The van der Waals surface area contributed by atoms with Crippen LogP contribution >= 0.6 is 11.6 Å². The van der Waals surface area contributed by atoms with Crippen molar-refractivity contribution in [2.75, 3.05) is 13.2 Å². The second kappa shape index (κ2) is 6.39. The lowest BCUT2D eigenvalue weighted by molar-refractivity contribution is 0.0168. The van der Waals surface area contributed by atoms with Crippen LogP contribution in [-0.2, 0) is 11.3 Å². The van der Waals surface area contributed by atoms with Gasteiger partial charge in [-0.1, -0.05) is 23.7 Å². The van der Waals surface area contributed by atoms with E-state index in [1.807, 2.05) is 6.07 Å². The van der Waals surface area contributed by atoms with Crippen molar-refractivity contribution in [3.8, 4) is 0 Å². The summed E-state index contributed by atoms with van der Waals surface area (Å²) in [7, 11) is 0. The van der Waals surface area contributed by atoms with E-state index in [0.29, 0.717) is 6.10 Å². The van der Waals surface area contributed by atoms with Gasteiger partial charge in [0.2, 0.25) is 0 Å². The van der Waals surface area contributed by atoms with Crippen molar-refractivity contribution in [2.45, 2.75) is 38.8 Å². The number of rotatable bonds is 4. The molecule has 1 aromatic rings. The highest BCUT2D eigenvalue weighted by Gasteiger charge is 2.13. The predicted octanol–water partition coefficient (Wildman–Crippen LogP) is 3.31. The summed E-state index contributed by atoms with van der Waals surface area (Å²) >= 11 is 6.18. The Labute approximate surface area is 108 Å². The average Bonchev–Trinajstić information content (AvgIpc) is 2.33. The summed E-state index contributed by atoms with van der Waals surface area (Å²) in [5.41, 5.74) is 2.36. The molecular weight excluding hydrogens is 234 g/mol. The molecule has 94 valence electrons. The molecule has 1 aliphatic heterocycles. The van der Waals surface area contributed by atoms with Crippen LogP contribution in [-0.4, -0.2) is 19.3 Å². The monoisotopic (exact) mass is 253 g/mol. The topological polar surface area (TPSA) is 21.3 Å². The first-order chi connectivity index (χ1) is 8.25. The molecular formula is C14H20ClNO. The maximum Gasteiger partial charge on any atom is 0.0699 e. The van der Waals surface area contributed by atoms with E-state index in [2.05, 4.69) is 24.4 Å². The second-order valence-electron chi connectivity index (χ2n) is 4.71. The lowest BCUT2D eigenvalue weighted by Gasteiger charge is -2.22. The summed E-state index contributed by atoms with van der Waals surface area (Å²) in [6.07, 6.45) is 4.06. The smallest absolute Gasteiger partial charge is 0.0699 e. The minimum Gasteiger partial charge on any atom is -0.377 e. The van der Waals surface area contributed by atoms with Gasteiger partial charge >= 0.3 is 0 Å². The number of aryl methyl sites for hydroxylation is 1. The van der Waals surface area contributed by atoms with Crippen LogP contribution in [0.4, 0.5) is 0 Å². The third kappa shape index (κ3) is 3.98. The van der Waals surface area contributed by atoms with E-state index in [0.717, 1.165) is 30.3 Å². The van der Waals surface area contributed by atoms with Crippen LogP contribution in [0.15, 0.2) is 18.2 Å². The first-order valence-corrected chi connectivity index (χ1v) is 6.71. The van der Waals surface area contributed by atoms with Gasteiger partial charge in [0.1, 0.15) is 0 Å². The van der Waals surface area contributed by atoms with Gasteiger partial charge in [-0.25, -0.2) is 0 Å². The van der Waals surface area contributed by atoms with Gasteiger partial charge in [0.05, 0.1) is 6.10 Å². The Kier molecular flexibility index (Phi) is 4.84. The molecule has 1 unspecified atom stereocenters. The third-order valence-electron chi connectivity index (χ3n) is 3.17. The number of nitrogens with one attached hydrogen (secondary N) is 1. The van der Waals surface area contributed by atoms with Crippen molar-refractivity contribution in [1.82, 2.24) is 5.32 Å². The van der Waals surface area contributed by atoms with Crippen LogP contribution in [0.5, 0.6) is 0 Å². The lowest BCUT2D eigenvalue weighted by atomic mass is 10.1. The molecule has 0 radical (unpaired) electrons. The molecule has 1 atom stereocenters.